The maximum Gasteiger partial charge on any atom is 0.328 e. The van der Waals surface area contributed by atoms with E-state index in [2.05, 4.69) is 11.9 Å². The number of rotatable bonds is 6. The van der Waals surface area contributed by atoms with Gasteiger partial charge >= 0.3 is 5.97 Å². The lowest BCUT2D eigenvalue weighted by Gasteiger charge is -2.34. The summed E-state index contributed by atoms with van der Waals surface area (Å²) < 4.78 is 0. The number of aliphatic carboxylic acids is 1. The first-order chi connectivity index (χ1) is 9.52. The molecule has 1 aromatic rings. The van der Waals surface area contributed by atoms with Crippen LogP contribution in [0, 0.1) is 5.92 Å². The van der Waals surface area contributed by atoms with Crippen molar-refractivity contribution in [2.75, 3.05) is 13.6 Å². The van der Waals surface area contributed by atoms with Gasteiger partial charge in [-0.25, -0.2) is 4.79 Å². The van der Waals surface area contributed by atoms with Gasteiger partial charge in [-0.3, -0.25) is 0 Å². The van der Waals surface area contributed by atoms with E-state index in [0.29, 0.717) is 5.92 Å². The Morgan fingerprint density at radius 3 is 2.85 bits per heavy atom. The Morgan fingerprint density at radius 2 is 2.20 bits per heavy atom. The summed E-state index contributed by atoms with van der Waals surface area (Å²) in [4.78, 5) is 12.8. The zero-order valence-corrected chi connectivity index (χ0v) is 11.7. The average Bonchev–Trinajstić information content (AvgIpc) is 2.35. The molecule has 0 spiro atoms. The molecule has 0 radical (unpaired) electrons. The standard InChI is InChI=1S/C16H21NO3/c1-17(11-14-8-15(18)9-14)10-13-4-2-3-12(7-13)5-6-16(19)20/h2-7,14-15,18H,8-11H2,1H3,(H,19,20). The molecular weight excluding hydrogens is 254 g/mol. The average molecular weight is 275 g/mol. The molecule has 4 heteroatoms. The van der Waals surface area contributed by atoms with Gasteiger partial charge in [-0.05, 0) is 43.0 Å². The molecule has 0 atom stereocenters. The first-order valence-corrected chi connectivity index (χ1v) is 6.89. The Bertz CT molecular complexity index is 492. The van der Waals surface area contributed by atoms with E-state index in [-0.39, 0.29) is 6.10 Å². The Hall–Kier alpha value is -1.65. The highest BCUT2D eigenvalue weighted by Gasteiger charge is 2.27. The van der Waals surface area contributed by atoms with Crippen LogP contribution in [0.2, 0.25) is 0 Å². The molecule has 1 fully saturated rings. The van der Waals surface area contributed by atoms with Gasteiger partial charge in [0.05, 0.1) is 6.10 Å². The summed E-state index contributed by atoms with van der Waals surface area (Å²) >= 11 is 0. The summed E-state index contributed by atoms with van der Waals surface area (Å²) in [5.74, 6) is -0.332. The molecule has 108 valence electrons. The summed E-state index contributed by atoms with van der Waals surface area (Å²) in [6.07, 6.45) is 4.47. The summed E-state index contributed by atoms with van der Waals surface area (Å²) in [7, 11) is 2.07. The zero-order chi connectivity index (χ0) is 14.5. The van der Waals surface area contributed by atoms with E-state index < -0.39 is 5.97 Å². The second-order valence-corrected chi connectivity index (χ2v) is 5.60. The van der Waals surface area contributed by atoms with E-state index in [0.717, 1.165) is 37.6 Å². The molecule has 0 aromatic heterocycles. The molecule has 0 saturated heterocycles. The van der Waals surface area contributed by atoms with Crippen LogP contribution in [0.1, 0.15) is 24.0 Å². The van der Waals surface area contributed by atoms with Crippen LogP contribution in [-0.2, 0) is 11.3 Å². The van der Waals surface area contributed by atoms with Gasteiger partial charge in [0, 0.05) is 19.2 Å². The molecule has 20 heavy (non-hydrogen) atoms. The summed E-state index contributed by atoms with van der Waals surface area (Å²) in [5, 5.41) is 17.9. The van der Waals surface area contributed by atoms with Crippen LogP contribution >= 0.6 is 0 Å². The van der Waals surface area contributed by atoms with Crippen molar-refractivity contribution in [3.63, 3.8) is 0 Å². The summed E-state index contributed by atoms with van der Waals surface area (Å²) in [6.45, 7) is 1.83. The van der Waals surface area contributed by atoms with Crippen LogP contribution in [0.15, 0.2) is 30.3 Å². The number of carboxylic acids is 1. The molecule has 0 aliphatic heterocycles. The fraction of sp³-hybridized carbons (Fsp3) is 0.438. The van der Waals surface area contributed by atoms with E-state index in [1.165, 1.54) is 5.56 Å². The smallest absolute Gasteiger partial charge is 0.328 e. The molecule has 0 amide bonds. The number of aliphatic hydroxyl groups excluding tert-OH is 1. The minimum atomic E-state index is -0.934. The second-order valence-electron chi connectivity index (χ2n) is 5.60. The van der Waals surface area contributed by atoms with Crippen LogP contribution < -0.4 is 0 Å². The second kappa shape index (κ2) is 6.68. The number of carbonyl (C=O) groups is 1. The quantitative estimate of drug-likeness (QED) is 0.779. The van der Waals surface area contributed by atoms with E-state index in [1.807, 2.05) is 24.3 Å². The Kier molecular flexibility index (Phi) is 4.93. The van der Waals surface area contributed by atoms with Crippen LogP contribution in [0.4, 0.5) is 0 Å². The minimum absolute atomic E-state index is 0.0992. The monoisotopic (exact) mass is 275 g/mol. The van der Waals surface area contributed by atoms with Gasteiger partial charge in [0.2, 0.25) is 0 Å². The fourth-order valence-corrected chi connectivity index (χ4v) is 2.63. The molecule has 2 rings (SSSR count). The van der Waals surface area contributed by atoms with Gasteiger partial charge in [0.25, 0.3) is 0 Å². The lowest BCUT2D eigenvalue weighted by atomic mass is 9.82. The third kappa shape index (κ3) is 4.47. The lowest BCUT2D eigenvalue weighted by Crippen LogP contribution is -2.36. The highest BCUT2D eigenvalue weighted by Crippen LogP contribution is 2.27. The van der Waals surface area contributed by atoms with Crippen molar-refractivity contribution < 1.29 is 15.0 Å². The largest absolute Gasteiger partial charge is 0.478 e. The molecule has 0 bridgehead atoms. The number of aliphatic hydroxyl groups is 1. The number of hydrogen-bond donors (Lipinski definition) is 2. The molecule has 1 saturated carbocycles. The highest BCUT2D eigenvalue weighted by atomic mass is 16.4. The molecular formula is C16H21NO3. The number of benzene rings is 1. The van der Waals surface area contributed by atoms with Gasteiger partial charge < -0.3 is 15.1 Å². The van der Waals surface area contributed by atoms with Crippen molar-refractivity contribution in [1.29, 1.82) is 0 Å². The third-order valence-electron chi connectivity index (χ3n) is 3.60. The predicted octanol–water partition coefficient (Wildman–Crippen LogP) is 1.99. The van der Waals surface area contributed by atoms with E-state index in [9.17, 15) is 9.90 Å². The topological polar surface area (TPSA) is 60.8 Å². The molecule has 2 N–H and O–H groups in total. The number of nitrogens with zero attached hydrogens (tertiary/aromatic N) is 1. The normalized spacial score (nSPS) is 22.1. The van der Waals surface area contributed by atoms with E-state index in [4.69, 9.17) is 5.11 Å². The number of carboxylic acid groups (broad SMARTS) is 1. The fourth-order valence-electron chi connectivity index (χ4n) is 2.63. The molecule has 1 aromatic carbocycles. The van der Waals surface area contributed by atoms with Crippen LogP contribution in [0.3, 0.4) is 0 Å². The summed E-state index contributed by atoms with van der Waals surface area (Å²) in [5.41, 5.74) is 2.07. The van der Waals surface area contributed by atoms with E-state index >= 15 is 0 Å². The molecule has 1 aliphatic rings. The van der Waals surface area contributed by atoms with Crippen LogP contribution in [-0.4, -0.2) is 40.8 Å². The molecule has 0 heterocycles. The van der Waals surface area contributed by atoms with Gasteiger partial charge in [0.1, 0.15) is 0 Å². The molecule has 0 unspecified atom stereocenters. The van der Waals surface area contributed by atoms with Crippen LogP contribution in [0.25, 0.3) is 6.08 Å². The Balaban J connectivity index is 1.88. The van der Waals surface area contributed by atoms with Crippen molar-refractivity contribution in [2.24, 2.45) is 5.92 Å². The number of hydrogen-bond acceptors (Lipinski definition) is 3. The Morgan fingerprint density at radius 1 is 1.45 bits per heavy atom. The maximum atomic E-state index is 10.5. The third-order valence-corrected chi connectivity index (χ3v) is 3.60. The van der Waals surface area contributed by atoms with Gasteiger partial charge in [-0.2, -0.15) is 0 Å². The first-order valence-electron chi connectivity index (χ1n) is 6.89. The van der Waals surface area contributed by atoms with Crippen LogP contribution in [0.5, 0.6) is 0 Å². The van der Waals surface area contributed by atoms with Crippen molar-refractivity contribution in [3.05, 3.63) is 41.5 Å². The zero-order valence-electron chi connectivity index (χ0n) is 11.7. The lowest BCUT2D eigenvalue weighted by molar-refractivity contribution is -0.131. The van der Waals surface area contributed by atoms with Gasteiger partial charge in [-0.1, -0.05) is 24.3 Å². The molecule has 4 nitrogen and oxygen atoms in total. The van der Waals surface area contributed by atoms with Gasteiger partial charge in [-0.15, -0.1) is 0 Å². The van der Waals surface area contributed by atoms with Crippen molar-refractivity contribution in [3.8, 4) is 0 Å². The summed E-state index contributed by atoms with van der Waals surface area (Å²) in [6, 6.07) is 7.89. The van der Waals surface area contributed by atoms with Gasteiger partial charge in [0.15, 0.2) is 0 Å². The predicted molar refractivity (Wildman–Crippen MR) is 78.2 cm³/mol. The first kappa shape index (κ1) is 14.8. The highest BCUT2D eigenvalue weighted by molar-refractivity contribution is 5.85. The van der Waals surface area contributed by atoms with E-state index in [1.54, 1.807) is 6.08 Å². The van der Waals surface area contributed by atoms with Crippen molar-refractivity contribution >= 4 is 12.0 Å². The molecule has 1 aliphatic carbocycles. The minimum Gasteiger partial charge on any atom is -0.478 e. The SMILES string of the molecule is CN(Cc1cccc(C=CC(=O)O)c1)CC1CC(O)C1. The Labute approximate surface area is 119 Å². The van der Waals surface area contributed by atoms with Crippen molar-refractivity contribution in [1.82, 2.24) is 4.90 Å². The van der Waals surface area contributed by atoms with Crippen molar-refractivity contribution in [2.45, 2.75) is 25.5 Å². The maximum absolute atomic E-state index is 10.5.